The lowest BCUT2D eigenvalue weighted by atomic mass is 10.0. The van der Waals surface area contributed by atoms with Crippen molar-refractivity contribution in [3.05, 3.63) is 35.9 Å². The number of primary amides is 1. The van der Waals surface area contributed by atoms with Gasteiger partial charge in [0.25, 0.3) is 0 Å². The van der Waals surface area contributed by atoms with Crippen LogP contribution in [0.4, 0.5) is 0 Å². The van der Waals surface area contributed by atoms with Crippen LogP contribution in [-0.2, 0) is 14.4 Å². The molecule has 2 atom stereocenters. The molecule has 0 saturated carbocycles. The highest BCUT2D eigenvalue weighted by atomic mass is 16.2. The average molecular weight is 277 g/mol. The van der Waals surface area contributed by atoms with Gasteiger partial charge in [0, 0.05) is 6.92 Å². The molecule has 108 valence electrons. The molecule has 4 N–H and O–H groups in total. The van der Waals surface area contributed by atoms with Crippen LogP contribution in [0.3, 0.4) is 0 Å². The van der Waals surface area contributed by atoms with Crippen molar-refractivity contribution in [3.8, 4) is 0 Å². The summed E-state index contributed by atoms with van der Waals surface area (Å²) in [5.74, 6) is -1.18. The van der Waals surface area contributed by atoms with E-state index in [2.05, 4.69) is 10.6 Å². The van der Waals surface area contributed by atoms with Crippen molar-refractivity contribution >= 4 is 17.7 Å². The van der Waals surface area contributed by atoms with Crippen molar-refractivity contribution < 1.29 is 14.4 Å². The number of carbonyl (C=O) groups is 3. The highest BCUT2D eigenvalue weighted by Gasteiger charge is 2.19. The Kier molecular flexibility index (Phi) is 5.71. The summed E-state index contributed by atoms with van der Waals surface area (Å²) >= 11 is 0. The van der Waals surface area contributed by atoms with E-state index in [1.54, 1.807) is 0 Å². The Bertz CT molecular complexity index is 488. The molecule has 2 unspecified atom stereocenters. The van der Waals surface area contributed by atoms with E-state index in [1.807, 2.05) is 30.3 Å². The summed E-state index contributed by atoms with van der Waals surface area (Å²) in [6, 6.07) is 7.98. The molecule has 6 heteroatoms. The predicted octanol–water partition coefficient (Wildman–Crippen LogP) is 0.244. The summed E-state index contributed by atoms with van der Waals surface area (Å²) in [5.41, 5.74) is 5.91. The average Bonchev–Trinajstić information content (AvgIpc) is 2.38. The molecule has 1 aromatic carbocycles. The van der Waals surface area contributed by atoms with Gasteiger partial charge in [0.2, 0.25) is 17.7 Å². The first-order valence-electron chi connectivity index (χ1n) is 6.31. The number of carbonyl (C=O) groups excluding carboxylic acids is 3. The quantitative estimate of drug-likeness (QED) is 0.694. The second-order valence-corrected chi connectivity index (χ2v) is 4.56. The van der Waals surface area contributed by atoms with Gasteiger partial charge >= 0.3 is 0 Å². The molecule has 1 aromatic rings. The van der Waals surface area contributed by atoms with E-state index < -0.39 is 18.0 Å². The third-order valence-corrected chi connectivity index (χ3v) is 2.77. The largest absolute Gasteiger partial charge is 0.368 e. The van der Waals surface area contributed by atoms with Crippen LogP contribution in [0.5, 0.6) is 0 Å². The zero-order valence-electron chi connectivity index (χ0n) is 11.6. The van der Waals surface area contributed by atoms with Gasteiger partial charge in [-0.15, -0.1) is 0 Å². The van der Waals surface area contributed by atoms with E-state index in [4.69, 9.17) is 5.73 Å². The van der Waals surface area contributed by atoms with Crippen LogP contribution in [0.25, 0.3) is 0 Å². The maximum absolute atomic E-state index is 11.9. The van der Waals surface area contributed by atoms with Crippen molar-refractivity contribution in [1.29, 1.82) is 0 Å². The van der Waals surface area contributed by atoms with E-state index in [0.717, 1.165) is 5.56 Å². The van der Waals surface area contributed by atoms with Crippen LogP contribution < -0.4 is 16.4 Å². The SMILES string of the molecule is CC(=O)NC(CC(=O)NC(C)C(N)=O)c1ccccc1. The fraction of sp³-hybridized carbons (Fsp3) is 0.357. The minimum Gasteiger partial charge on any atom is -0.368 e. The zero-order valence-corrected chi connectivity index (χ0v) is 11.6. The molecule has 0 fully saturated rings. The minimum atomic E-state index is -0.740. The highest BCUT2D eigenvalue weighted by Crippen LogP contribution is 2.16. The normalized spacial score (nSPS) is 13.1. The second kappa shape index (κ2) is 7.28. The number of amides is 3. The molecular formula is C14H19N3O3. The van der Waals surface area contributed by atoms with Crippen molar-refractivity contribution in [3.63, 3.8) is 0 Å². The Hall–Kier alpha value is -2.37. The number of benzene rings is 1. The van der Waals surface area contributed by atoms with Gasteiger partial charge in [0.1, 0.15) is 6.04 Å². The number of nitrogens with two attached hydrogens (primary N) is 1. The molecule has 0 bridgehead atoms. The van der Waals surface area contributed by atoms with Crippen LogP contribution in [0, 0.1) is 0 Å². The fourth-order valence-electron chi connectivity index (χ4n) is 1.74. The number of nitrogens with one attached hydrogen (secondary N) is 2. The summed E-state index contributed by atoms with van der Waals surface area (Å²) < 4.78 is 0. The van der Waals surface area contributed by atoms with E-state index in [0.29, 0.717) is 0 Å². The zero-order chi connectivity index (χ0) is 15.1. The van der Waals surface area contributed by atoms with Crippen LogP contribution in [0.15, 0.2) is 30.3 Å². The molecule has 0 heterocycles. The van der Waals surface area contributed by atoms with Crippen LogP contribution in [-0.4, -0.2) is 23.8 Å². The summed E-state index contributed by atoms with van der Waals surface area (Å²) in [7, 11) is 0. The van der Waals surface area contributed by atoms with Crippen molar-refractivity contribution in [2.45, 2.75) is 32.4 Å². The summed E-state index contributed by atoms with van der Waals surface area (Å²) in [6.45, 7) is 2.90. The van der Waals surface area contributed by atoms with E-state index in [9.17, 15) is 14.4 Å². The Morgan fingerprint density at radius 2 is 1.75 bits per heavy atom. The molecule has 6 nitrogen and oxygen atoms in total. The maximum atomic E-state index is 11.9. The van der Waals surface area contributed by atoms with Gasteiger partial charge < -0.3 is 16.4 Å². The van der Waals surface area contributed by atoms with Crippen LogP contribution in [0.2, 0.25) is 0 Å². The van der Waals surface area contributed by atoms with Gasteiger partial charge in [-0.2, -0.15) is 0 Å². The lowest BCUT2D eigenvalue weighted by Gasteiger charge is -2.19. The molecule has 3 amide bonds. The highest BCUT2D eigenvalue weighted by molar-refractivity contribution is 5.86. The standard InChI is InChI=1S/C14H19N3O3/c1-9(14(15)20)16-13(19)8-12(17-10(2)18)11-6-4-3-5-7-11/h3-7,9,12H,8H2,1-2H3,(H2,15,20)(H,16,19)(H,17,18). The van der Waals surface area contributed by atoms with Gasteiger partial charge in [-0.05, 0) is 12.5 Å². The lowest BCUT2D eigenvalue weighted by molar-refractivity contribution is -0.127. The first-order chi connectivity index (χ1) is 9.40. The van der Waals surface area contributed by atoms with E-state index >= 15 is 0 Å². The number of rotatable bonds is 6. The van der Waals surface area contributed by atoms with Gasteiger partial charge in [0.05, 0.1) is 12.5 Å². The first-order valence-corrected chi connectivity index (χ1v) is 6.31. The van der Waals surface area contributed by atoms with E-state index in [-0.39, 0.29) is 18.2 Å². The van der Waals surface area contributed by atoms with Crippen LogP contribution >= 0.6 is 0 Å². The Morgan fingerprint density at radius 1 is 1.15 bits per heavy atom. The van der Waals surface area contributed by atoms with Crippen LogP contribution in [0.1, 0.15) is 31.9 Å². The summed E-state index contributed by atoms with van der Waals surface area (Å²) in [5, 5.41) is 5.20. The third kappa shape index (κ3) is 5.09. The number of hydrogen-bond donors (Lipinski definition) is 3. The topological polar surface area (TPSA) is 101 Å². The van der Waals surface area contributed by atoms with Crippen molar-refractivity contribution in [2.24, 2.45) is 5.73 Å². The van der Waals surface area contributed by atoms with Crippen molar-refractivity contribution in [1.82, 2.24) is 10.6 Å². The Balaban J connectivity index is 2.73. The third-order valence-electron chi connectivity index (χ3n) is 2.77. The lowest BCUT2D eigenvalue weighted by Crippen LogP contribution is -2.43. The minimum absolute atomic E-state index is 0.0429. The predicted molar refractivity (Wildman–Crippen MR) is 74.4 cm³/mol. The molecule has 0 aliphatic heterocycles. The molecular weight excluding hydrogens is 258 g/mol. The van der Waals surface area contributed by atoms with Crippen molar-refractivity contribution in [2.75, 3.05) is 0 Å². The molecule has 0 aliphatic rings. The maximum Gasteiger partial charge on any atom is 0.239 e. The van der Waals surface area contributed by atoms with Gasteiger partial charge in [0.15, 0.2) is 0 Å². The Morgan fingerprint density at radius 3 is 2.25 bits per heavy atom. The fourth-order valence-corrected chi connectivity index (χ4v) is 1.74. The monoisotopic (exact) mass is 277 g/mol. The first kappa shape index (κ1) is 15.7. The Labute approximate surface area is 117 Å². The van der Waals surface area contributed by atoms with Gasteiger partial charge in [-0.1, -0.05) is 30.3 Å². The molecule has 0 spiro atoms. The smallest absolute Gasteiger partial charge is 0.239 e. The summed E-state index contributed by atoms with van der Waals surface area (Å²) in [4.78, 5) is 34.0. The molecule has 20 heavy (non-hydrogen) atoms. The molecule has 0 aromatic heterocycles. The molecule has 0 radical (unpaired) electrons. The molecule has 0 saturated heterocycles. The van der Waals surface area contributed by atoms with Gasteiger partial charge in [-0.25, -0.2) is 0 Å². The molecule has 1 rings (SSSR count). The number of hydrogen-bond acceptors (Lipinski definition) is 3. The van der Waals surface area contributed by atoms with E-state index in [1.165, 1.54) is 13.8 Å². The molecule has 0 aliphatic carbocycles. The van der Waals surface area contributed by atoms with Gasteiger partial charge in [-0.3, -0.25) is 14.4 Å². The summed E-state index contributed by atoms with van der Waals surface area (Å²) in [6.07, 6.45) is 0.0429. The second-order valence-electron chi connectivity index (χ2n) is 4.56.